The summed E-state index contributed by atoms with van der Waals surface area (Å²) in [6, 6.07) is 4.94. The topological polar surface area (TPSA) is 46.3 Å². The fourth-order valence-electron chi connectivity index (χ4n) is 2.70. The van der Waals surface area contributed by atoms with Crippen LogP contribution in [0, 0.1) is 12.7 Å². The first-order chi connectivity index (χ1) is 9.13. The lowest BCUT2D eigenvalue weighted by atomic mass is 10.1. The Bertz CT molecular complexity index is 455. The van der Waals surface area contributed by atoms with E-state index in [0.717, 1.165) is 25.7 Å². The van der Waals surface area contributed by atoms with Gasteiger partial charge in [0.1, 0.15) is 5.82 Å². The molecule has 0 aromatic heterocycles. The van der Waals surface area contributed by atoms with E-state index in [-0.39, 0.29) is 17.8 Å². The summed E-state index contributed by atoms with van der Waals surface area (Å²) in [6.45, 7) is 2.67. The van der Waals surface area contributed by atoms with Gasteiger partial charge in [-0.1, -0.05) is 18.9 Å². The summed E-state index contributed by atoms with van der Waals surface area (Å²) in [5.41, 5.74) is 6.58. The van der Waals surface area contributed by atoms with Crippen molar-refractivity contribution in [3.63, 3.8) is 0 Å². The van der Waals surface area contributed by atoms with E-state index in [4.69, 9.17) is 5.73 Å². The number of carbonyl (C=O) groups is 1. The van der Waals surface area contributed by atoms with Gasteiger partial charge in [-0.25, -0.2) is 4.39 Å². The van der Waals surface area contributed by atoms with Gasteiger partial charge in [-0.15, -0.1) is 0 Å². The average Bonchev–Trinajstić information content (AvgIpc) is 2.92. The molecule has 1 aromatic rings. The monoisotopic (exact) mass is 264 g/mol. The first kappa shape index (κ1) is 14.0. The van der Waals surface area contributed by atoms with Gasteiger partial charge in [0, 0.05) is 24.7 Å². The van der Waals surface area contributed by atoms with Crippen LogP contribution in [0.15, 0.2) is 18.2 Å². The highest BCUT2D eigenvalue weighted by Crippen LogP contribution is 2.25. The third-order valence-electron chi connectivity index (χ3n) is 3.82. The second-order valence-electron chi connectivity index (χ2n) is 5.19. The minimum atomic E-state index is -0.329. The number of hydrogen-bond donors (Lipinski definition) is 1. The lowest BCUT2D eigenvalue weighted by molar-refractivity contribution is 0.0687. The van der Waals surface area contributed by atoms with Crippen LogP contribution in [0.1, 0.15) is 41.6 Å². The summed E-state index contributed by atoms with van der Waals surface area (Å²) in [5.74, 6) is -0.429. The summed E-state index contributed by atoms with van der Waals surface area (Å²) in [5, 5.41) is 0. The van der Waals surface area contributed by atoms with Gasteiger partial charge in [0.2, 0.25) is 0 Å². The average molecular weight is 264 g/mol. The van der Waals surface area contributed by atoms with Crippen molar-refractivity contribution in [3.05, 3.63) is 35.1 Å². The molecule has 0 unspecified atom stereocenters. The standard InChI is InChI=1S/C15H21FN2O/c1-11-6-7-12(10-14(11)16)15(19)18(9-8-17)13-4-2-3-5-13/h6-7,10,13H,2-5,8-9,17H2,1H3. The fraction of sp³-hybridized carbons (Fsp3) is 0.533. The Balaban J connectivity index is 2.20. The maximum Gasteiger partial charge on any atom is 0.254 e. The van der Waals surface area contributed by atoms with E-state index in [1.165, 1.54) is 6.07 Å². The van der Waals surface area contributed by atoms with E-state index < -0.39 is 0 Å². The zero-order valence-electron chi connectivity index (χ0n) is 11.4. The quantitative estimate of drug-likeness (QED) is 0.908. The zero-order chi connectivity index (χ0) is 13.8. The lowest BCUT2D eigenvalue weighted by Crippen LogP contribution is -2.42. The number of carbonyl (C=O) groups excluding carboxylic acids is 1. The number of rotatable bonds is 4. The van der Waals surface area contributed by atoms with E-state index >= 15 is 0 Å². The molecule has 19 heavy (non-hydrogen) atoms. The predicted octanol–water partition coefficient (Wildman–Crippen LogP) is 2.48. The summed E-state index contributed by atoms with van der Waals surface area (Å²) in [4.78, 5) is 14.3. The first-order valence-corrected chi connectivity index (χ1v) is 6.90. The molecule has 2 rings (SSSR count). The maximum absolute atomic E-state index is 13.6. The molecule has 2 N–H and O–H groups in total. The second-order valence-corrected chi connectivity index (χ2v) is 5.19. The van der Waals surface area contributed by atoms with E-state index in [1.54, 1.807) is 19.1 Å². The van der Waals surface area contributed by atoms with Gasteiger partial charge in [-0.3, -0.25) is 4.79 Å². The Morgan fingerprint density at radius 1 is 1.42 bits per heavy atom. The molecule has 0 heterocycles. The van der Waals surface area contributed by atoms with Crippen molar-refractivity contribution in [1.82, 2.24) is 4.90 Å². The van der Waals surface area contributed by atoms with E-state index in [2.05, 4.69) is 0 Å². The Hall–Kier alpha value is -1.42. The Labute approximate surface area is 113 Å². The van der Waals surface area contributed by atoms with Crippen LogP contribution in [0.3, 0.4) is 0 Å². The Morgan fingerprint density at radius 2 is 2.11 bits per heavy atom. The van der Waals surface area contributed by atoms with Crippen LogP contribution in [0.4, 0.5) is 4.39 Å². The van der Waals surface area contributed by atoms with Crippen LogP contribution in [-0.2, 0) is 0 Å². The van der Waals surface area contributed by atoms with Gasteiger partial charge >= 0.3 is 0 Å². The highest BCUT2D eigenvalue weighted by atomic mass is 19.1. The van der Waals surface area contributed by atoms with E-state index in [0.29, 0.717) is 24.2 Å². The third-order valence-corrected chi connectivity index (χ3v) is 3.82. The van der Waals surface area contributed by atoms with Crippen molar-refractivity contribution in [2.45, 2.75) is 38.6 Å². The molecule has 1 amide bonds. The molecular formula is C15H21FN2O. The van der Waals surface area contributed by atoms with Crippen molar-refractivity contribution in [2.75, 3.05) is 13.1 Å². The normalized spacial score (nSPS) is 15.7. The largest absolute Gasteiger partial charge is 0.334 e. The lowest BCUT2D eigenvalue weighted by Gasteiger charge is -2.28. The molecule has 0 radical (unpaired) electrons. The summed E-state index contributed by atoms with van der Waals surface area (Å²) in [6.07, 6.45) is 4.36. The van der Waals surface area contributed by atoms with Crippen molar-refractivity contribution in [2.24, 2.45) is 5.73 Å². The summed E-state index contributed by atoms with van der Waals surface area (Å²) < 4.78 is 13.6. The molecule has 1 aliphatic carbocycles. The van der Waals surface area contributed by atoms with Crippen molar-refractivity contribution >= 4 is 5.91 Å². The molecule has 0 bridgehead atoms. The minimum absolute atomic E-state index is 0.101. The number of nitrogens with two attached hydrogens (primary N) is 1. The SMILES string of the molecule is Cc1ccc(C(=O)N(CCN)C2CCCC2)cc1F. The molecule has 0 spiro atoms. The molecule has 1 fully saturated rings. The molecule has 0 aliphatic heterocycles. The third kappa shape index (κ3) is 3.13. The Morgan fingerprint density at radius 3 is 2.68 bits per heavy atom. The van der Waals surface area contributed by atoms with Crippen LogP contribution in [-0.4, -0.2) is 29.9 Å². The Kier molecular flexibility index (Phi) is 4.53. The molecule has 1 aromatic carbocycles. The molecule has 104 valence electrons. The molecule has 0 atom stereocenters. The van der Waals surface area contributed by atoms with Crippen LogP contribution in [0.5, 0.6) is 0 Å². The number of halogens is 1. The van der Waals surface area contributed by atoms with E-state index in [1.807, 2.05) is 4.90 Å². The van der Waals surface area contributed by atoms with Crippen LogP contribution >= 0.6 is 0 Å². The van der Waals surface area contributed by atoms with Gasteiger partial charge < -0.3 is 10.6 Å². The minimum Gasteiger partial charge on any atom is -0.334 e. The van der Waals surface area contributed by atoms with Crippen molar-refractivity contribution in [1.29, 1.82) is 0 Å². The highest BCUT2D eigenvalue weighted by Gasteiger charge is 2.27. The fourth-order valence-corrected chi connectivity index (χ4v) is 2.70. The maximum atomic E-state index is 13.6. The molecule has 3 nitrogen and oxygen atoms in total. The number of aryl methyl sites for hydroxylation is 1. The number of amides is 1. The van der Waals surface area contributed by atoms with Gasteiger partial charge in [0.15, 0.2) is 0 Å². The van der Waals surface area contributed by atoms with Crippen LogP contribution < -0.4 is 5.73 Å². The van der Waals surface area contributed by atoms with Gasteiger partial charge in [-0.05, 0) is 37.5 Å². The molecular weight excluding hydrogens is 243 g/mol. The molecule has 1 aliphatic rings. The number of hydrogen-bond acceptors (Lipinski definition) is 2. The first-order valence-electron chi connectivity index (χ1n) is 6.90. The number of nitrogens with zero attached hydrogens (tertiary/aromatic N) is 1. The molecule has 4 heteroatoms. The second kappa shape index (κ2) is 6.15. The van der Waals surface area contributed by atoms with Gasteiger partial charge in [-0.2, -0.15) is 0 Å². The zero-order valence-corrected chi connectivity index (χ0v) is 11.4. The van der Waals surface area contributed by atoms with Crippen LogP contribution in [0.25, 0.3) is 0 Å². The summed E-state index contributed by atoms with van der Waals surface area (Å²) in [7, 11) is 0. The smallest absolute Gasteiger partial charge is 0.254 e. The summed E-state index contributed by atoms with van der Waals surface area (Å²) >= 11 is 0. The molecule has 0 saturated heterocycles. The van der Waals surface area contributed by atoms with Crippen molar-refractivity contribution < 1.29 is 9.18 Å². The van der Waals surface area contributed by atoms with Crippen LogP contribution in [0.2, 0.25) is 0 Å². The highest BCUT2D eigenvalue weighted by molar-refractivity contribution is 5.94. The number of benzene rings is 1. The van der Waals surface area contributed by atoms with Crippen molar-refractivity contribution in [3.8, 4) is 0 Å². The molecule has 1 saturated carbocycles. The van der Waals surface area contributed by atoms with E-state index in [9.17, 15) is 9.18 Å². The van der Waals surface area contributed by atoms with Gasteiger partial charge in [0.25, 0.3) is 5.91 Å². The van der Waals surface area contributed by atoms with Gasteiger partial charge in [0.05, 0.1) is 0 Å². The predicted molar refractivity (Wildman–Crippen MR) is 73.5 cm³/mol.